The predicted molar refractivity (Wildman–Crippen MR) is 75.1 cm³/mol. The van der Waals surface area contributed by atoms with Crippen molar-refractivity contribution in [3.63, 3.8) is 0 Å². The van der Waals surface area contributed by atoms with Gasteiger partial charge in [-0.2, -0.15) is 0 Å². The molecular formula is C15H16F2N2O. The maximum atomic E-state index is 12.4. The van der Waals surface area contributed by atoms with Crippen LogP contribution >= 0.6 is 0 Å². The van der Waals surface area contributed by atoms with Crippen LogP contribution in [0.3, 0.4) is 0 Å². The summed E-state index contributed by atoms with van der Waals surface area (Å²) in [5.41, 5.74) is 1.71. The van der Waals surface area contributed by atoms with Gasteiger partial charge in [0.25, 0.3) is 12.0 Å². The molecule has 0 amide bonds. The average Bonchev–Trinajstić information content (AvgIpc) is 2.46. The van der Waals surface area contributed by atoms with E-state index in [4.69, 9.17) is 0 Å². The van der Waals surface area contributed by atoms with Crippen molar-refractivity contribution >= 4 is 5.69 Å². The van der Waals surface area contributed by atoms with Crippen LogP contribution in [0.15, 0.2) is 47.4 Å². The molecule has 106 valence electrons. The molecule has 3 nitrogen and oxygen atoms in total. The molecule has 0 bridgehead atoms. The monoisotopic (exact) mass is 278 g/mol. The molecule has 0 radical (unpaired) electrons. The van der Waals surface area contributed by atoms with E-state index in [1.54, 1.807) is 29.0 Å². The summed E-state index contributed by atoms with van der Waals surface area (Å²) in [6.45, 7) is 3.02. The minimum Gasteiger partial charge on any atom is -0.380 e. The van der Waals surface area contributed by atoms with E-state index in [0.29, 0.717) is 13.1 Å². The molecule has 0 aliphatic rings. The Balaban J connectivity index is 2.03. The molecule has 0 unspecified atom stereocenters. The molecule has 1 aromatic heterocycles. The largest absolute Gasteiger partial charge is 0.380 e. The molecule has 1 aromatic carbocycles. The SMILES string of the molecule is CCn1cc(NCc2ccc(C(F)F)cc2)ccc1=O. The molecule has 2 aromatic rings. The molecule has 20 heavy (non-hydrogen) atoms. The number of aryl methyl sites for hydroxylation is 1. The highest BCUT2D eigenvalue weighted by molar-refractivity contribution is 5.41. The van der Waals surface area contributed by atoms with Gasteiger partial charge in [-0.05, 0) is 18.6 Å². The van der Waals surface area contributed by atoms with E-state index < -0.39 is 6.43 Å². The molecule has 1 heterocycles. The average molecular weight is 278 g/mol. The maximum Gasteiger partial charge on any atom is 0.263 e. The zero-order chi connectivity index (χ0) is 14.5. The van der Waals surface area contributed by atoms with Crippen LogP contribution in [-0.4, -0.2) is 4.57 Å². The van der Waals surface area contributed by atoms with Crippen LogP contribution < -0.4 is 10.9 Å². The smallest absolute Gasteiger partial charge is 0.263 e. The highest BCUT2D eigenvalue weighted by atomic mass is 19.3. The molecule has 2 rings (SSSR count). The fourth-order valence-corrected chi connectivity index (χ4v) is 1.87. The lowest BCUT2D eigenvalue weighted by molar-refractivity contribution is 0.151. The summed E-state index contributed by atoms with van der Waals surface area (Å²) in [5, 5.41) is 3.16. The minimum absolute atomic E-state index is 0.0216. The number of halogens is 2. The lowest BCUT2D eigenvalue weighted by atomic mass is 10.1. The Hall–Kier alpha value is -2.17. The number of alkyl halides is 2. The van der Waals surface area contributed by atoms with Crippen molar-refractivity contribution < 1.29 is 8.78 Å². The zero-order valence-corrected chi connectivity index (χ0v) is 11.1. The second-order valence-electron chi connectivity index (χ2n) is 4.44. The Kier molecular flexibility index (Phi) is 4.50. The van der Waals surface area contributed by atoms with Crippen molar-refractivity contribution in [2.75, 3.05) is 5.32 Å². The molecule has 5 heteroatoms. The number of nitrogens with zero attached hydrogens (tertiary/aromatic N) is 1. The van der Waals surface area contributed by atoms with E-state index in [2.05, 4.69) is 5.32 Å². The molecule has 0 saturated carbocycles. The van der Waals surface area contributed by atoms with Crippen LogP contribution in [-0.2, 0) is 13.1 Å². The van der Waals surface area contributed by atoms with Crippen LogP contribution in [0, 0.1) is 0 Å². The second-order valence-corrected chi connectivity index (χ2v) is 4.44. The first-order valence-corrected chi connectivity index (χ1v) is 6.41. The minimum atomic E-state index is -2.44. The van der Waals surface area contributed by atoms with Crippen molar-refractivity contribution in [2.45, 2.75) is 26.4 Å². The molecular weight excluding hydrogens is 262 g/mol. The maximum absolute atomic E-state index is 12.4. The van der Waals surface area contributed by atoms with Crippen molar-refractivity contribution in [1.82, 2.24) is 4.57 Å². The van der Waals surface area contributed by atoms with Crippen LogP contribution in [0.5, 0.6) is 0 Å². The van der Waals surface area contributed by atoms with E-state index in [9.17, 15) is 13.6 Å². The fraction of sp³-hybridized carbons (Fsp3) is 0.267. The van der Waals surface area contributed by atoms with Gasteiger partial charge in [-0.3, -0.25) is 4.79 Å². The number of aromatic nitrogens is 1. The van der Waals surface area contributed by atoms with E-state index >= 15 is 0 Å². The molecule has 1 N–H and O–H groups in total. The summed E-state index contributed by atoms with van der Waals surface area (Å²) in [4.78, 5) is 11.4. The van der Waals surface area contributed by atoms with Gasteiger partial charge in [0.1, 0.15) is 0 Å². The Morgan fingerprint density at radius 2 is 1.85 bits per heavy atom. The van der Waals surface area contributed by atoms with Gasteiger partial charge in [0.15, 0.2) is 0 Å². The molecule has 0 saturated heterocycles. The number of hydrogen-bond donors (Lipinski definition) is 1. The third-order valence-electron chi connectivity index (χ3n) is 3.05. The Bertz CT molecular complexity index is 621. The third kappa shape index (κ3) is 3.44. The quantitative estimate of drug-likeness (QED) is 0.909. The molecule has 0 aliphatic heterocycles. The molecule has 0 aliphatic carbocycles. The summed E-state index contributed by atoms with van der Waals surface area (Å²) in [5.74, 6) is 0. The number of hydrogen-bond acceptors (Lipinski definition) is 2. The van der Waals surface area contributed by atoms with E-state index in [1.807, 2.05) is 6.92 Å². The van der Waals surface area contributed by atoms with Gasteiger partial charge < -0.3 is 9.88 Å². The van der Waals surface area contributed by atoms with Gasteiger partial charge in [-0.1, -0.05) is 24.3 Å². The van der Waals surface area contributed by atoms with Crippen LogP contribution in [0.1, 0.15) is 24.5 Å². The first-order chi connectivity index (χ1) is 9.60. The molecule has 0 atom stereocenters. The van der Waals surface area contributed by atoms with Gasteiger partial charge in [0.05, 0.1) is 5.69 Å². The standard InChI is InChI=1S/C15H16F2N2O/c1-2-19-10-13(7-8-14(19)20)18-9-11-3-5-12(6-4-11)15(16)17/h3-8,10,15,18H,2,9H2,1H3. The Morgan fingerprint density at radius 3 is 2.45 bits per heavy atom. The summed E-state index contributed by atoms with van der Waals surface area (Å²) in [6, 6.07) is 9.41. The Labute approximate surface area is 115 Å². The number of pyridine rings is 1. The first-order valence-electron chi connectivity index (χ1n) is 6.41. The fourth-order valence-electron chi connectivity index (χ4n) is 1.87. The first kappa shape index (κ1) is 14.2. The zero-order valence-electron chi connectivity index (χ0n) is 11.1. The topological polar surface area (TPSA) is 34.0 Å². The van der Waals surface area contributed by atoms with E-state index in [0.717, 1.165) is 11.3 Å². The Morgan fingerprint density at radius 1 is 1.15 bits per heavy atom. The van der Waals surface area contributed by atoms with Crippen LogP contribution in [0.2, 0.25) is 0 Å². The van der Waals surface area contributed by atoms with Crippen molar-refractivity contribution in [3.8, 4) is 0 Å². The van der Waals surface area contributed by atoms with Crippen LogP contribution in [0.25, 0.3) is 0 Å². The summed E-state index contributed by atoms with van der Waals surface area (Å²) < 4.78 is 26.4. The normalized spacial score (nSPS) is 10.8. The van der Waals surface area contributed by atoms with Gasteiger partial charge in [0, 0.05) is 30.9 Å². The van der Waals surface area contributed by atoms with E-state index in [-0.39, 0.29) is 11.1 Å². The van der Waals surface area contributed by atoms with E-state index in [1.165, 1.54) is 18.2 Å². The van der Waals surface area contributed by atoms with Gasteiger partial charge in [-0.25, -0.2) is 8.78 Å². The van der Waals surface area contributed by atoms with Gasteiger partial charge >= 0.3 is 0 Å². The van der Waals surface area contributed by atoms with Crippen LogP contribution in [0.4, 0.5) is 14.5 Å². The van der Waals surface area contributed by atoms with Gasteiger partial charge in [-0.15, -0.1) is 0 Å². The van der Waals surface area contributed by atoms with Crippen molar-refractivity contribution in [2.24, 2.45) is 0 Å². The summed E-state index contributed by atoms with van der Waals surface area (Å²) >= 11 is 0. The van der Waals surface area contributed by atoms with Crippen molar-refractivity contribution in [1.29, 1.82) is 0 Å². The third-order valence-corrected chi connectivity index (χ3v) is 3.05. The number of rotatable bonds is 5. The second kappa shape index (κ2) is 6.32. The lowest BCUT2D eigenvalue weighted by Gasteiger charge is -2.09. The molecule has 0 fully saturated rings. The van der Waals surface area contributed by atoms with Crippen molar-refractivity contribution in [3.05, 3.63) is 64.1 Å². The number of benzene rings is 1. The summed E-state index contributed by atoms with van der Waals surface area (Å²) in [7, 11) is 0. The summed E-state index contributed by atoms with van der Waals surface area (Å²) in [6.07, 6.45) is -0.694. The lowest BCUT2D eigenvalue weighted by Crippen LogP contribution is -2.17. The highest BCUT2D eigenvalue weighted by Crippen LogP contribution is 2.19. The predicted octanol–water partition coefficient (Wildman–Crippen LogP) is 3.42. The highest BCUT2D eigenvalue weighted by Gasteiger charge is 2.05. The molecule has 0 spiro atoms. The number of anilines is 1. The van der Waals surface area contributed by atoms with Gasteiger partial charge in [0.2, 0.25) is 0 Å². The number of nitrogens with one attached hydrogen (secondary N) is 1.